The molecule has 0 aliphatic rings. The van der Waals surface area contributed by atoms with E-state index in [-0.39, 0.29) is 15.6 Å². The third-order valence-electron chi connectivity index (χ3n) is 1.40. The van der Waals surface area contributed by atoms with Crippen LogP contribution in [0.4, 0.5) is 4.39 Å². The standard InChI is InChI=1S/C8H3BrFNO2/c9-7-2-4(10)1-5(8(12)13)6(7)3-11/h1-2H,(H,12,13). The van der Waals surface area contributed by atoms with Crippen molar-refractivity contribution in [1.82, 2.24) is 0 Å². The van der Waals surface area contributed by atoms with Crippen molar-refractivity contribution in [3.8, 4) is 6.07 Å². The highest BCUT2D eigenvalue weighted by Crippen LogP contribution is 2.21. The first-order valence-corrected chi connectivity index (χ1v) is 3.98. The average molecular weight is 244 g/mol. The summed E-state index contributed by atoms with van der Waals surface area (Å²) in [5.41, 5.74) is -0.414. The van der Waals surface area contributed by atoms with Crippen LogP contribution in [0.15, 0.2) is 16.6 Å². The number of rotatable bonds is 1. The fraction of sp³-hybridized carbons (Fsp3) is 0. The summed E-state index contributed by atoms with van der Waals surface area (Å²) in [6, 6.07) is 3.54. The van der Waals surface area contributed by atoms with E-state index in [2.05, 4.69) is 15.9 Å². The van der Waals surface area contributed by atoms with E-state index in [9.17, 15) is 9.18 Å². The minimum Gasteiger partial charge on any atom is -0.478 e. The Morgan fingerprint density at radius 1 is 1.62 bits per heavy atom. The van der Waals surface area contributed by atoms with Crippen LogP contribution in [0.2, 0.25) is 0 Å². The molecule has 13 heavy (non-hydrogen) atoms. The van der Waals surface area contributed by atoms with Gasteiger partial charge in [0.25, 0.3) is 0 Å². The first kappa shape index (κ1) is 9.68. The van der Waals surface area contributed by atoms with E-state index in [1.165, 1.54) is 0 Å². The van der Waals surface area contributed by atoms with Crippen molar-refractivity contribution in [3.63, 3.8) is 0 Å². The van der Waals surface area contributed by atoms with Gasteiger partial charge >= 0.3 is 5.97 Å². The van der Waals surface area contributed by atoms with Crippen molar-refractivity contribution in [2.75, 3.05) is 0 Å². The fourth-order valence-corrected chi connectivity index (χ4v) is 1.38. The van der Waals surface area contributed by atoms with Gasteiger partial charge in [-0.2, -0.15) is 5.26 Å². The fourth-order valence-electron chi connectivity index (χ4n) is 0.856. The van der Waals surface area contributed by atoms with Crippen LogP contribution < -0.4 is 0 Å². The first-order chi connectivity index (χ1) is 6.06. The molecule has 0 aliphatic carbocycles. The maximum atomic E-state index is 12.7. The van der Waals surface area contributed by atoms with Gasteiger partial charge in [0.05, 0.1) is 11.1 Å². The summed E-state index contributed by atoms with van der Waals surface area (Å²) in [5, 5.41) is 17.2. The molecule has 0 heterocycles. The zero-order chi connectivity index (χ0) is 10.0. The lowest BCUT2D eigenvalue weighted by atomic mass is 10.1. The topological polar surface area (TPSA) is 61.1 Å². The number of hydrogen-bond acceptors (Lipinski definition) is 2. The van der Waals surface area contributed by atoms with Gasteiger partial charge in [-0.05, 0) is 28.1 Å². The lowest BCUT2D eigenvalue weighted by molar-refractivity contribution is 0.0696. The van der Waals surface area contributed by atoms with Crippen LogP contribution in [0.25, 0.3) is 0 Å². The molecular weight excluding hydrogens is 241 g/mol. The summed E-state index contributed by atoms with van der Waals surface area (Å²) in [7, 11) is 0. The SMILES string of the molecule is N#Cc1c(Br)cc(F)cc1C(=O)O. The maximum Gasteiger partial charge on any atom is 0.337 e. The van der Waals surface area contributed by atoms with Crippen LogP contribution in [0.1, 0.15) is 15.9 Å². The molecule has 0 aromatic heterocycles. The lowest BCUT2D eigenvalue weighted by Crippen LogP contribution is -2.01. The molecule has 0 bridgehead atoms. The van der Waals surface area contributed by atoms with Crippen LogP contribution in [-0.4, -0.2) is 11.1 Å². The molecule has 0 aliphatic heterocycles. The van der Waals surface area contributed by atoms with Gasteiger partial charge < -0.3 is 5.11 Å². The summed E-state index contributed by atoms with van der Waals surface area (Å²) >= 11 is 2.90. The Morgan fingerprint density at radius 3 is 2.69 bits per heavy atom. The second-order valence-corrected chi connectivity index (χ2v) is 3.08. The van der Waals surface area contributed by atoms with Crippen LogP contribution in [0.3, 0.4) is 0 Å². The zero-order valence-corrected chi connectivity index (χ0v) is 7.80. The van der Waals surface area contributed by atoms with E-state index in [1.807, 2.05) is 0 Å². The van der Waals surface area contributed by atoms with Crippen LogP contribution in [0, 0.1) is 17.1 Å². The predicted octanol–water partition coefficient (Wildman–Crippen LogP) is 2.16. The molecule has 0 unspecified atom stereocenters. The van der Waals surface area contributed by atoms with Gasteiger partial charge in [0.15, 0.2) is 0 Å². The molecule has 0 radical (unpaired) electrons. The normalized spacial score (nSPS) is 9.31. The highest BCUT2D eigenvalue weighted by atomic mass is 79.9. The average Bonchev–Trinajstić information content (AvgIpc) is 2.02. The maximum absolute atomic E-state index is 12.7. The van der Waals surface area contributed by atoms with E-state index >= 15 is 0 Å². The smallest absolute Gasteiger partial charge is 0.337 e. The van der Waals surface area contributed by atoms with Crippen molar-refractivity contribution in [3.05, 3.63) is 33.5 Å². The molecule has 0 amide bonds. The second-order valence-electron chi connectivity index (χ2n) is 2.23. The number of nitrogens with zero attached hydrogens (tertiary/aromatic N) is 1. The van der Waals surface area contributed by atoms with E-state index < -0.39 is 11.8 Å². The number of carboxylic acid groups (broad SMARTS) is 1. The molecule has 0 saturated carbocycles. The van der Waals surface area contributed by atoms with Gasteiger partial charge in [-0.15, -0.1) is 0 Å². The van der Waals surface area contributed by atoms with Crippen LogP contribution in [-0.2, 0) is 0 Å². The third kappa shape index (κ3) is 1.84. The Morgan fingerprint density at radius 2 is 2.23 bits per heavy atom. The number of benzene rings is 1. The van der Waals surface area contributed by atoms with Crippen molar-refractivity contribution in [1.29, 1.82) is 5.26 Å². The Hall–Kier alpha value is -1.41. The number of hydrogen-bond donors (Lipinski definition) is 1. The summed E-state index contributed by atoms with van der Waals surface area (Å²) in [6.45, 7) is 0. The van der Waals surface area contributed by atoms with E-state index in [4.69, 9.17) is 10.4 Å². The van der Waals surface area contributed by atoms with Crippen molar-refractivity contribution in [2.24, 2.45) is 0 Å². The number of carboxylic acids is 1. The molecule has 0 fully saturated rings. The molecule has 5 heteroatoms. The largest absolute Gasteiger partial charge is 0.478 e. The number of halogens is 2. The Bertz CT molecular complexity index is 411. The minimum atomic E-state index is -1.32. The highest BCUT2D eigenvalue weighted by molar-refractivity contribution is 9.10. The van der Waals surface area contributed by atoms with Gasteiger partial charge in [-0.25, -0.2) is 9.18 Å². The molecule has 0 atom stereocenters. The number of aromatic carboxylic acids is 1. The summed E-state index contributed by atoms with van der Waals surface area (Å²) in [4.78, 5) is 10.5. The van der Waals surface area contributed by atoms with Crippen LogP contribution >= 0.6 is 15.9 Å². The zero-order valence-electron chi connectivity index (χ0n) is 6.21. The molecule has 1 aromatic rings. The van der Waals surface area contributed by atoms with E-state index in [0.29, 0.717) is 0 Å². The summed E-state index contributed by atoms with van der Waals surface area (Å²) in [6.07, 6.45) is 0. The molecule has 0 spiro atoms. The summed E-state index contributed by atoms with van der Waals surface area (Å²) < 4.78 is 12.8. The van der Waals surface area contributed by atoms with Gasteiger partial charge in [0.1, 0.15) is 11.9 Å². The Labute approximate surface area is 81.5 Å². The molecule has 0 saturated heterocycles. The van der Waals surface area contributed by atoms with Gasteiger partial charge in [0, 0.05) is 4.47 Å². The monoisotopic (exact) mass is 243 g/mol. The Balaban J connectivity index is 3.50. The second kappa shape index (κ2) is 3.54. The van der Waals surface area contributed by atoms with Crippen molar-refractivity contribution >= 4 is 21.9 Å². The third-order valence-corrected chi connectivity index (χ3v) is 2.02. The van der Waals surface area contributed by atoms with Gasteiger partial charge in [-0.3, -0.25) is 0 Å². The number of nitriles is 1. The predicted molar refractivity (Wildman–Crippen MR) is 45.8 cm³/mol. The highest BCUT2D eigenvalue weighted by Gasteiger charge is 2.14. The molecule has 66 valence electrons. The molecule has 1 aromatic carbocycles. The summed E-state index contributed by atoms with van der Waals surface area (Å²) in [5.74, 6) is -2.01. The van der Waals surface area contributed by atoms with Crippen molar-refractivity contribution < 1.29 is 14.3 Å². The number of carbonyl (C=O) groups is 1. The molecule has 1 rings (SSSR count). The minimum absolute atomic E-state index is 0.0751. The first-order valence-electron chi connectivity index (χ1n) is 3.18. The molecule has 3 nitrogen and oxygen atoms in total. The quantitative estimate of drug-likeness (QED) is 0.823. The molecular formula is C8H3BrFNO2. The van der Waals surface area contributed by atoms with E-state index in [1.54, 1.807) is 6.07 Å². The van der Waals surface area contributed by atoms with Crippen LogP contribution in [0.5, 0.6) is 0 Å². The lowest BCUT2D eigenvalue weighted by Gasteiger charge is -2.00. The van der Waals surface area contributed by atoms with Gasteiger partial charge in [-0.1, -0.05) is 0 Å². The molecule has 1 N–H and O–H groups in total. The van der Waals surface area contributed by atoms with Crippen molar-refractivity contribution in [2.45, 2.75) is 0 Å². The van der Waals surface area contributed by atoms with E-state index in [0.717, 1.165) is 12.1 Å². The van der Waals surface area contributed by atoms with Gasteiger partial charge in [0.2, 0.25) is 0 Å². The Kier molecular flexibility index (Phi) is 2.63.